The number of carbonyl (C=O) groups is 2. The third kappa shape index (κ3) is 2.18. The van der Waals surface area contributed by atoms with Crippen LogP contribution in [0.15, 0.2) is 58.1 Å². The van der Waals surface area contributed by atoms with Crippen molar-refractivity contribution in [3.05, 3.63) is 64.4 Å². The first kappa shape index (κ1) is 17.3. The molecule has 3 fully saturated rings. The largest absolute Gasteiger partial charge is 0.455 e. The summed E-state index contributed by atoms with van der Waals surface area (Å²) in [5, 5.41) is 15.9. The zero-order chi connectivity index (χ0) is 20.6. The van der Waals surface area contributed by atoms with Gasteiger partial charge in [-0.1, -0.05) is 12.2 Å². The van der Waals surface area contributed by atoms with Crippen LogP contribution in [0.1, 0.15) is 18.6 Å². The highest BCUT2D eigenvalue weighted by molar-refractivity contribution is 6.07. The Morgan fingerprint density at radius 3 is 2.23 bits per heavy atom. The predicted octanol–water partition coefficient (Wildman–Crippen LogP) is 3.39. The summed E-state index contributed by atoms with van der Waals surface area (Å²) in [6, 6.07) is 9.40. The van der Waals surface area contributed by atoms with Gasteiger partial charge in [0.1, 0.15) is 11.5 Å². The molecule has 0 radical (unpaired) electrons. The fourth-order valence-electron chi connectivity index (χ4n) is 5.62. The molecule has 1 aromatic carbocycles. The summed E-state index contributed by atoms with van der Waals surface area (Å²) in [5.74, 6) is 0.251. The molecular weight excluding hydrogens is 386 g/mol. The molecule has 30 heavy (non-hydrogen) atoms. The number of nitro benzene ring substituents is 1. The number of furan rings is 1. The van der Waals surface area contributed by atoms with Crippen LogP contribution >= 0.6 is 0 Å². The van der Waals surface area contributed by atoms with Gasteiger partial charge in [-0.3, -0.25) is 19.7 Å². The molecule has 0 N–H and O–H groups in total. The van der Waals surface area contributed by atoms with Crippen molar-refractivity contribution in [3.63, 3.8) is 0 Å². The summed E-state index contributed by atoms with van der Waals surface area (Å²) >= 11 is 0. The molecule has 2 heterocycles. The van der Waals surface area contributed by atoms with Crippen molar-refractivity contribution in [2.24, 2.45) is 34.2 Å². The van der Waals surface area contributed by atoms with E-state index in [1.54, 1.807) is 24.3 Å². The monoisotopic (exact) mass is 403 g/mol. The van der Waals surface area contributed by atoms with Gasteiger partial charge in [0.15, 0.2) is 0 Å². The number of hydrogen-bond acceptors (Lipinski definition) is 6. The maximum absolute atomic E-state index is 12.9. The third-order valence-electron chi connectivity index (χ3n) is 7.12. The molecule has 1 aromatic heterocycles. The molecule has 4 atom stereocenters. The van der Waals surface area contributed by atoms with Crippen LogP contribution in [-0.4, -0.2) is 28.0 Å². The van der Waals surface area contributed by atoms with Crippen LogP contribution in [0.3, 0.4) is 0 Å². The quantitative estimate of drug-likeness (QED) is 0.256. The first-order valence-corrected chi connectivity index (χ1v) is 9.94. The lowest BCUT2D eigenvalue weighted by Crippen LogP contribution is -2.30. The van der Waals surface area contributed by atoms with E-state index in [1.165, 1.54) is 18.3 Å². The molecule has 6 rings (SSSR count). The first-order chi connectivity index (χ1) is 14.5. The van der Waals surface area contributed by atoms with E-state index in [2.05, 4.69) is 17.3 Å². The van der Waals surface area contributed by atoms with Crippen molar-refractivity contribution in [1.29, 1.82) is 0 Å². The number of nitro groups is 1. The maximum Gasteiger partial charge on any atom is 0.269 e. The van der Waals surface area contributed by atoms with Crippen LogP contribution in [-0.2, 0) is 9.59 Å². The fraction of sp³-hybridized carbons (Fsp3) is 0.318. The van der Waals surface area contributed by atoms with Crippen LogP contribution < -0.4 is 0 Å². The second-order valence-electron chi connectivity index (χ2n) is 8.46. The third-order valence-corrected chi connectivity index (χ3v) is 7.12. The lowest BCUT2D eigenvalue weighted by Gasteiger charge is -2.18. The van der Waals surface area contributed by atoms with E-state index in [0.29, 0.717) is 17.1 Å². The lowest BCUT2D eigenvalue weighted by atomic mass is 9.85. The van der Waals surface area contributed by atoms with Crippen molar-refractivity contribution in [1.82, 2.24) is 5.01 Å². The molecule has 1 saturated heterocycles. The van der Waals surface area contributed by atoms with Gasteiger partial charge in [-0.2, -0.15) is 10.1 Å². The molecule has 3 aliphatic carbocycles. The number of non-ortho nitro benzene ring substituents is 1. The van der Waals surface area contributed by atoms with Crippen molar-refractivity contribution in [2.75, 3.05) is 0 Å². The summed E-state index contributed by atoms with van der Waals surface area (Å²) in [6.45, 7) is 0. The zero-order valence-corrected chi connectivity index (χ0v) is 15.8. The second kappa shape index (κ2) is 5.75. The second-order valence-corrected chi connectivity index (χ2v) is 8.46. The van der Waals surface area contributed by atoms with E-state index in [0.717, 1.165) is 17.9 Å². The van der Waals surface area contributed by atoms with Gasteiger partial charge in [0.05, 0.1) is 23.0 Å². The first-order valence-electron chi connectivity index (χ1n) is 9.94. The number of amides is 2. The van der Waals surface area contributed by atoms with Gasteiger partial charge in [-0.05, 0) is 54.4 Å². The Balaban J connectivity index is 1.21. The van der Waals surface area contributed by atoms with Crippen LogP contribution in [0.5, 0.6) is 0 Å². The number of benzene rings is 1. The van der Waals surface area contributed by atoms with Crippen molar-refractivity contribution in [2.45, 2.75) is 12.8 Å². The molecule has 8 heteroatoms. The van der Waals surface area contributed by atoms with Crippen LogP contribution in [0.25, 0.3) is 11.3 Å². The Labute approximate surface area is 171 Å². The summed E-state index contributed by atoms with van der Waals surface area (Å²) in [7, 11) is 0. The molecule has 2 bridgehead atoms. The van der Waals surface area contributed by atoms with E-state index in [4.69, 9.17) is 4.42 Å². The van der Waals surface area contributed by atoms with Gasteiger partial charge < -0.3 is 4.42 Å². The highest BCUT2D eigenvalue weighted by Gasteiger charge is 2.73. The summed E-state index contributed by atoms with van der Waals surface area (Å²) < 4.78 is 5.71. The van der Waals surface area contributed by atoms with E-state index in [-0.39, 0.29) is 46.6 Å². The van der Waals surface area contributed by atoms with Gasteiger partial charge in [0, 0.05) is 17.7 Å². The van der Waals surface area contributed by atoms with E-state index < -0.39 is 4.92 Å². The van der Waals surface area contributed by atoms with Crippen molar-refractivity contribution < 1.29 is 18.9 Å². The Bertz CT molecular complexity index is 1120. The number of hydrogen-bond donors (Lipinski definition) is 0. The number of carbonyl (C=O) groups excluding carboxylic acids is 2. The number of nitrogens with zero attached hydrogens (tertiary/aromatic N) is 3. The number of fused-ring (bicyclic) bond motifs is 3. The smallest absolute Gasteiger partial charge is 0.269 e. The van der Waals surface area contributed by atoms with Gasteiger partial charge in [0.25, 0.3) is 17.5 Å². The highest BCUT2D eigenvalue weighted by Crippen LogP contribution is 2.73. The molecule has 1 aliphatic heterocycles. The van der Waals surface area contributed by atoms with Gasteiger partial charge in [0.2, 0.25) is 0 Å². The Morgan fingerprint density at radius 2 is 1.67 bits per heavy atom. The fourth-order valence-corrected chi connectivity index (χ4v) is 5.62. The molecule has 1 spiro atoms. The number of rotatable bonds is 4. The predicted molar refractivity (Wildman–Crippen MR) is 105 cm³/mol. The Morgan fingerprint density at radius 1 is 1.03 bits per heavy atom. The topological polar surface area (TPSA) is 106 Å². The highest BCUT2D eigenvalue weighted by atomic mass is 16.6. The van der Waals surface area contributed by atoms with E-state index in [9.17, 15) is 19.7 Å². The number of allylic oxidation sites excluding steroid dienone is 2. The summed E-state index contributed by atoms with van der Waals surface area (Å²) in [5.41, 5.74) is 0.845. The number of hydrazone groups is 1. The molecule has 2 saturated carbocycles. The molecule has 150 valence electrons. The molecule has 8 nitrogen and oxygen atoms in total. The minimum absolute atomic E-state index is 0.000123. The Hall–Kier alpha value is -3.55. The van der Waals surface area contributed by atoms with Gasteiger partial charge >= 0.3 is 0 Å². The molecule has 2 amide bonds. The maximum atomic E-state index is 12.9. The van der Waals surface area contributed by atoms with Gasteiger partial charge in [-0.25, -0.2) is 0 Å². The normalized spacial score (nSPS) is 30.1. The van der Waals surface area contributed by atoms with Crippen LogP contribution in [0.4, 0.5) is 5.69 Å². The molecular formula is C22H17N3O5. The summed E-state index contributed by atoms with van der Waals surface area (Å²) in [6.07, 6.45) is 7.82. The Kier molecular flexibility index (Phi) is 3.32. The lowest BCUT2D eigenvalue weighted by molar-refractivity contribution is -0.384. The summed E-state index contributed by atoms with van der Waals surface area (Å²) in [4.78, 5) is 36.1. The standard InChI is InChI=1S/C22H17N3O5/c26-20-18-15-6-7-16(22(15)9-10-22)19(18)21(27)24(20)23-11-14-5-8-17(30-14)12-1-3-13(4-2-12)25(28)29/h1-8,11,15-16,18-19H,9-10H2/b23-11+. The van der Waals surface area contributed by atoms with Crippen molar-refractivity contribution >= 4 is 23.7 Å². The average Bonchev–Trinajstić information content (AvgIpc) is 3.03. The zero-order valence-electron chi connectivity index (χ0n) is 15.8. The molecule has 4 unspecified atom stereocenters. The average molecular weight is 403 g/mol. The number of imide groups is 1. The SMILES string of the molecule is O=C1C2C(C(=O)N1/N=C/c1ccc(-c3ccc([N+](=O)[O-])cc3)o1)C1C=CC2C12CC2. The van der Waals surface area contributed by atoms with Crippen LogP contribution in [0.2, 0.25) is 0 Å². The minimum Gasteiger partial charge on any atom is -0.455 e. The van der Waals surface area contributed by atoms with E-state index in [1.807, 2.05) is 0 Å². The molecule has 4 aliphatic rings. The molecule has 2 aromatic rings. The van der Waals surface area contributed by atoms with Crippen LogP contribution in [0, 0.1) is 39.2 Å². The van der Waals surface area contributed by atoms with Crippen molar-refractivity contribution in [3.8, 4) is 11.3 Å². The van der Waals surface area contributed by atoms with E-state index >= 15 is 0 Å². The van der Waals surface area contributed by atoms with Gasteiger partial charge in [-0.15, -0.1) is 0 Å². The minimum atomic E-state index is -0.462.